The minimum atomic E-state index is 0.381. The van der Waals surface area contributed by atoms with Crippen molar-refractivity contribution in [3.63, 3.8) is 0 Å². The van der Waals surface area contributed by atoms with Crippen LogP contribution in [-0.2, 0) is 0 Å². The van der Waals surface area contributed by atoms with Crippen LogP contribution in [0.25, 0.3) is 99.5 Å². The van der Waals surface area contributed by atoms with Crippen molar-refractivity contribution in [3.05, 3.63) is 140 Å². The van der Waals surface area contributed by atoms with Gasteiger partial charge in [0, 0.05) is 14.8 Å². The summed E-state index contributed by atoms with van der Waals surface area (Å²) in [6.45, 7) is 0. The summed E-state index contributed by atoms with van der Waals surface area (Å²) in [5, 5.41) is 13.3. The Morgan fingerprint density at radius 1 is 0.400 bits per heavy atom. The topological polar surface area (TPSA) is 4.41 Å². The van der Waals surface area contributed by atoms with Crippen LogP contribution >= 0.6 is 11.3 Å². The first-order valence-electron chi connectivity index (χ1n) is 15.4. The molecule has 0 fully saturated rings. The van der Waals surface area contributed by atoms with Crippen LogP contribution in [0.15, 0.2) is 140 Å². The van der Waals surface area contributed by atoms with Gasteiger partial charge < -0.3 is 0 Å². The Morgan fingerprint density at radius 2 is 0.956 bits per heavy atom. The molecule has 7 aromatic carbocycles. The van der Waals surface area contributed by atoms with Crippen LogP contribution in [0.3, 0.4) is 0 Å². The fourth-order valence-corrected chi connectivity index (χ4v) is 11.3. The second-order valence-electron chi connectivity index (χ2n) is 12.1. The summed E-state index contributed by atoms with van der Waals surface area (Å²) in [4.78, 5) is 0. The number of benzene rings is 7. The molecule has 3 heteroatoms. The van der Waals surface area contributed by atoms with Gasteiger partial charge in [-0.3, -0.25) is 0 Å². The van der Waals surface area contributed by atoms with Crippen molar-refractivity contribution in [1.82, 2.24) is 4.40 Å². The van der Waals surface area contributed by atoms with Crippen LogP contribution in [0, 0.1) is 0 Å². The quantitative estimate of drug-likeness (QED) is 0.156. The summed E-state index contributed by atoms with van der Waals surface area (Å²) in [7, 11) is 0. The van der Waals surface area contributed by atoms with Gasteiger partial charge in [0.15, 0.2) is 0 Å². The van der Waals surface area contributed by atoms with Crippen molar-refractivity contribution in [2.75, 3.05) is 0 Å². The maximum absolute atomic E-state index is 2.54. The van der Waals surface area contributed by atoms with Gasteiger partial charge in [0.05, 0.1) is 0 Å². The fourth-order valence-electron chi connectivity index (χ4n) is 7.83. The van der Waals surface area contributed by atoms with Gasteiger partial charge in [-0.1, -0.05) is 24.3 Å². The van der Waals surface area contributed by atoms with E-state index in [-0.39, 0.29) is 0 Å². The molecule has 45 heavy (non-hydrogen) atoms. The maximum atomic E-state index is 2.54. The molecule has 0 atom stereocenters. The zero-order chi connectivity index (χ0) is 29.2. The number of nitrogens with zero attached hydrogens (tertiary/aromatic N) is 1. The summed E-state index contributed by atoms with van der Waals surface area (Å²) >= 11 is 2.28. The van der Waals surface area contributed by atoms with Gasteiger partial charge in [-0.2, -0.15) is 0 Å². The van der Waals surface area contributed by atoms with Gasteiger partial charge in [0.25, 0.3) is 0 Å². The Balaban J connectivity index is 1.34. The molecule has 0 spiro atoms. The molecule has 0 N–H and O–H groups in total. The van der Waals surface area contributed by atoms with Gasteiger partial charge in [-0.15, -0.1) is 11.3 Å². The number of hydrogen-bond donors (Lipinski definition) is 0. The van der Waals surface area contributed by atoms with Crippen LogP contribution < -0.4 is 0 Å². The van der Waals surface area contributed by atoms with Crippen LogP contribution in [0.2, 0.25) is 0 Å². The van der Waals surface area contributed by atoms with E-state index < -0.39 is 0 Å². The molecule has 0 radical (unpaired) electrons. The van der Waals surface area contributed by atoms with E-state index in [1.807, 2.05) is 11.3 Å². The Morgan fingerprint density at radius 3 is 1.78 bits per heavy atom. The Hall–Kier alpha value is -4.92. The molecule has 0 saturated carbocycles. The minimum absolute atomic E-state index is 0.381. The van der Waals surface area contributed by atoms with E-state index in [4.69, 9.17) is 0 Å². The molecule has 11 rings (SSSR count). The molecular formula is C42H23NSSe. The van der Waals surface area contributed by atoms with Gasteiger partial charge in [-0.25, -0.2) is 0 Å². The number of thiophene rings is 1. The van der Waals surface area contributed by atoms with Gasteiger partial charge in [-0.05, 0) is 12.1 Å². The van der Waals surface area contributed by atoms with Crippen LogP contribution in [0.1, 0.15) is 0 Å². The zero-order valence-corrected chi connectivity index (χ0v) is 26.6. The second kappa shape index (κ2) is 8.84. The Bertz CT molecular complexity index is 3040. The molecule has 0 amide bonds. The molecule has 11 aromatic rings. The zero-order valence-electron chi connectivity index (χ0n) is 24.0. The van der Waals surface area contributed by atoms with Gasteiger partial charge >= 0.3 is 207 Å². The molecule has 208 valence electrons. The predicted molar refractivity (Wildman–Crippen MR) is 198 cm³/mol. The molecule has 0 aliphatic heterocycles. The average Bonchev–Trinajstić information content (AvgIpc) is 3.77. The monoisotopic (exact) mass is 653 g/mol. The van der Waals surface area contributed by atoms with E-state index in [1.54, 1.807) is 0 Å². The Kier molecular flexibility index (Phi) is 4.79. The first-order valence-corrected chi connectivity index (χ1v) is 17.9. The first-order chi connectivity index (χ1) is 22.3. The third-order valence-electron chi connectivity index (χ3n) is 9.74. The van der Waals surface area contributed by atoms with Crippen molar-refractivity contribution in [1.29, 1.82) is 0 Å². The molecule has 0 saturated heterocycles. The fraction of sp³-hybridized carbons (Fsp3) is 0. The summed E-state index contributed by atoms with van der Waals surface area (Å²) in [5.41, 5.74) is 6.29. The summed E-state index contributed by atoms with van der Waals surface area (Å²) < 4.78 is 8.20. The number of aromatic nitrogens is 1. The van der Waals surface area contributed by atoms with Gasteiger partial charge in [0.2, 0.25) is 0 Å². The Labute approximate surface area is 267 Å². The van der Waals surface area contributed by atoms with E-state index in [0.29, 0.717) is 14.5 Å². The molecule has 0 aliphatic carbocycles. The van der Waals surface area contributed by atoms with Crippen molar-refractivity contribution in [2.45, 2.75) is 0 Å². The van der Waals surface area contributed by atoms with E-state index in [0.717, 1.165) is 0 Å². The molecule has 4 heterocycles. The van der Waals surface area contributed by atoms with E-state index in [2.05, 4.69) is 144 Å². The van der Waals surface area contributed by atoms with Gasteiger partial charge in [0.1, 0.15) is 0 Å². The standard InChI is InChI=1S/C42H23NSSe/c1-3-14-34-26(8-1)28-10-6-15-36-40(28)41-29(11-7-16-37(41)44-36)30-12-5-13-31-32-22-24(18-20-35(32)43(34)42(30)31)25-19-21-39-33(23-25)27-9-2-4-17-38(27)45-39/h1-23H. The third kappa shape index (κ3) is 3.22. The van der Waals surface area contributed by atoms with E-state index in [9.17, 15) is 0 Å². The first kappa shape index (κ1) is 24.4. The SMILES string of the molecule is c1ccc2c(c1)[se]c1ccc(-c3ccc4c(c3)c3cccc5c6cccc7sc8cccc(c9ccccc9n4c53)c8c76)cc12. The van der Waals surface area contributed by atoms with Crippen LogP contribution in [0.4, 0.5) is 0 Å². The van der Waals surface area contributed by atoms with E-state index in [1.165, 1.54) is 99.5 Å². The van der Waals surface area contributed by atoms with Crippen molar-refractivity contribution >= 4 is 114 Å². The molecular weight excluding hydrogens is 629 g/mol. The molecule has 0 unspecified atom stereocenters. The summed E-state index contributed by atoms with van der Waals surface area (Å²) in [6.07, 6.45) is 0. The van der Waals surface area contributed by atoms with Crippen LogP contribution in [0.5, 0.6) is 0 Å². The molecule has 1 nitrogen and oxygen atoms in total. The number of rotatable bonds is 1. The second-order valence-corrected chi connectivity index (χ2v) is 15.4. The van der Waals surface area contributed by atoms with Crippen LogP contribution in [-0.4, -0.2) is 18.9 Å². The third-order valence-corrected chi connectivity index (χ3v) is 13.3. The molecule has 0 bridgehead atoms. The normalized spacial score (nSPS) is 12.4. The number of para-hydroxylation sites is 2. The predicted octanol–water partition coefficient (Wildman–Crippen LogP) is 12.0. The summed E-state index contributed by atoms with van der Waals surface area (Å²) in [6, 6.07) is 52.7. The number of fused-ring (bicyclic) bond motifs is 10. The van der Waals surface area contributed by atoms with E-state index >= 15 is 0 Å². The molecule has 4 aromatic heterocycles. The average molecular weight is 653 g/mol. The number of hydrogen-bond acceptors (Lipinski definition) is 1. The van der Waals surface area contributed by atoms with Crippen molar-refractivity contribution < 1.29 is 0 Å². The summed E-state index contributed by atoms with van der Waals surface area (Å²) in [5.74, 6) is 0. The van der Waals surface area contributed by atoms with Crippen molar-refractivity contribution in [3.8, 4) is 11.1 Å². The van der Waals surface area contributed by atoms with Crippen molar-refractivity contribution in [2.24, 2.45) is 0 Å². The molecule has 0 aliphatic rings.